The number of nitrogens with zero attached hydrogens (tertiary/aromatic N) is 4. The molecule has 6 nitrogen and oxygen atoms in total. The molecule has 2 heterocycles. The van der Waals surface area contributed by atoms with Gasteiger partial charge >= 0.3 is 0 Å². The Morgan fingerprint density at radius 1 is 1.52 bits per heavy atom. The number of halogens is 1. The second-order valence-electron chi connectivity index (χ2n) is 6.09. The zero-order chi connectivity index (χ0) is 15.9. The van der Waals surface area contributed by atoms with Crippen LogP contribution in [0.15, 0.2) is 11.1 Å². The largest absolute Gasteiger partial charge is 0.381 e. The fourth-order valence-electron chi connectivity index (χ4n) is 2.92. The highest BCUT2D eigenvalue weighted by atomic mass is 127. The van der Waals surface area contributed by atoms with Gasteiger partial charge in [0.25, 0.3) is 0 Å². The number of nitrogens with one attached hydrogen (secondary N) is 1. The van der Waals surface area contributed by atoms with Crippen LogP contribution in [0.3, 0.4) is 0 Å². The van der Waals surface area contributed by atoms with Gasteiger partial charge in [0.15, 0.2) is 5.96 Å². The first kappa shape index (κ1) is 20.2. The normalized spacial score (nSPS) is 17.9. The summed E-state index contributed by atoms with van der Waals surface area (Å²) >= 11 is 0. The predicted molar refractivity (Wildman–Crippen MR) is 105 cm³/mol. The molecule has 2 rings (SSSR count). The van der Waals surface area contributed by atoms with Crippen LogP contribution in [0.4, 0.5) is 0 Å². The van der Waals surface area contributed by atoms with Crippen molar-refractivity contribution in [2.75, 3.05) is 40.4 Å². The monoisotopic (exact) mass is 435 g/mol. The Labute approximate surface area is 156 Å². The summed E-state index contributed by atoms with van der Waals surface area (Å²) in [6, 6.07) is 2.11. The minimum atomic E-state index is 0. The van der Waals surface area contributed by atoms with E-state index in [-0.39, 0.29) is 24.0 Å². The SMILES string of the molecule is CN=C(NCCCn1nc(C)cc1C)N(C)CC1CCOC1.I. The van der Waals surface area contributed by atoms with Crippen molar-refractivity contribution in [1.29, 1.82) is 0 Å². The Hall–Kier alpha value is -0.830. The van der Waals surface area contributed by atoms with Crippen LogP contribution in [-0.4, -0.2) is 61.0 Å². The van der Waals surface area contributed by atoms with Crippen molar-refractivity contribution in [3.63, 3.8) is 0 Å². The lowest BCUT2D eigenvalue weighted by molar-refractivity contribution is 0.181. The molecular weight excluding hydrogens is 405 g/mol. The van der Waals surface area contributed by atoms with Gasteiger partial charge in [0.1, 0.15) is 0 Å². The van der Waals surface area contributed by atoms with Crippen molar-refractivity contribution in [3.05, 3.63) is 17.5 Å². The third-order valence-electron chi connectivity index (χ3n) is 4.06. The minimum absolute atomic E-state index is 0. The van der Waals surface area contributed by atoms with E-state index >= 15 is 0 Å². The molecule has 1 aromatic rings. The highest BCUT2D eigenvalue weighted by Crippen LogP contribution is 2.13. The first-order valence-electron chi connectivity index (χ1n) is 8.10. The molecule has 1 unspecified atom stereocenters. The maximum atomic E-state index is 5.44. The van der Waals surface area contributed by atoms with Gasteiger partial charge in [-0.25, -0.2) is 0 Å². The van der Waals surface area contributed by atoms with Crippen LogP contribution in [0, 0.1) is 19.8 Å². The van der Waals surface area contributed by atoms with Crippen molar-refractivity contribution in [1.82, 2.24) is 20.0 Å². The minimum Gasteiger partial charge on any atom is -0.381 e. The number of rotatable bonds is 6. The Morgan fingerprint density at radius 3 is 2.87 bits per heavy atom. The molecule has 0 saturated carbocycles. The summed E-state index contributed by atoms with van der Waals surface area (Å²) in [6.45, 7) is 8.74. The number of aryl methyl sites for hydroxylation is 3. The molecule has 0 aliphatic carbocycles. The third kappa shape index (κ3) is 6.29. The fourth-order valence-corrected chi connectivity index (χ4v) is 2.92. The van der Waals surface area contributed by atoms with Crippen LogP contribution < -0.4 is 5.32 Å². The number of aliphatic imine (C=N–C) groups is 1. The molecular formula is C16H30IN5O. The fraction of sp³-hybridized carbons (Fsp3) is 0.750. The molecule has 0 bridgehead atoms. The van der Waals surface area contributed by atoms with Gasteiger partial charge in [-0.05, 0) is 32.8 Å². The van der Waals surface area contributed by atoms with Crippen LogP contribution >= 0.6 is 24.0 Å². The molecule has 1 N–H and O–H groups in total. The van der Waals surface area contributed by atoms with Gasteiger partial charge in [0.05, 0.1) is 12.3 Å². The number of ether oxygens (including phenoxy) is 1. The van der Waals surface area contributed by atoms with Crippen molar-refractivity contribution in [2.24, 2.45) is 10.9 Å². The van der Waals surface area contributed by atoms with E-state index in [2.05, 4.69) is 45.0 Å². The first-order valence-corrected chi connectivity index (χ1v) is 8.10. The summed E-state index contributed by atoms with van der Waals surface area (Å²) < 4.78 is 7.50. The molecule has 1 aliphatic rings. The molecule has 132 valence electrons. The number of hydrogen-bond donors (Lipinski definition) is 1. The maximum Gasteiger partial charge on any atom is 0.193 e. The molecule has 1 saturated heterocycles. The van der Waals surface area contributed by atoms with Gasteiger partial charge in [-0.15, -0.1) is 24.0 Å². The van der Waals surface area contributed by atoms with E-state index in [1.165, 1.54) is 5.69 Å². The smallest absolute Gasteiger partial charge is 0.193 e. The first-order chi connectivity index (χ1) is 10.6. The summed E-state index contributed by atoms with van der Waals surface area (Å²) in [5, 5.41) is 7.92. The van der Waals surface area contributed by atoms with E-state index in [0.717, 1.165) is 57.3 Å². The van der Waals surface area contributed by atoms with Gasteiger partial charge in [0, 0.05) is 51.9 Å². The Bertz CT molecular complexity index is 497. The molecule has 1 aromatic heterocycles. The second kappa shape index (κ2) is 10.1. The van der Waals surface area contributed by atoms with E-state index in [9.17, 15) is 0 Å². The lowest BCUT2D eigenvalue weighted by Crippen LogP contribution is -2.42. The van der Waals surface area contributed by atoms with Crippen LogP contribution in [0.1, 0.15) is 24.2 Å². The summed E-state index contributed by atoms with van der Waals surface area (Å²) in [4.78, 5) is 6.56. The second-order valence-corrected chi connectivity index (χ2v) is 6.09. The van der Waals surface area contributed by atoms with Gasteiger partial charge in [-0.3, -0.25) is 9.67 Å². The molecule has 0 aromatic carbocycles. The van der Waals surface area contributed by atoms with Gasteiger partial charge < -0.3 is 15.0 Å². The average Bonchev–Trinajstić information content (AvgIpc) is 3.08. The highest BCUT2D eigenvalue weighted by Gasteiger charge is 2.18. The van der Waals surface area contributed by atoms with Crippen LogP contribution in [0.2, 0.25) is 0 Å². The molecule has 0 spiro atoms. The summed E-state index contributed by atoms with van der Waals surface area (Å²) in [6.07, 6.45) is 2.18. The molecule has 1 fully saturated rings. The molecule has 1 aliphatic heterocycles. The molecule has 7 heteroatoms. The van der Waals surface area contributed by atoms with Gasteiger partial charge in [-0.2, -0.15) is 5.10 Å². The van der Waals surface area contributed by atoms with Crippen molar-refractivity contribution in [3.8, 4) is 0 Å². The Kier molecular flexibility index (Phi) is 8.90. The van der Waals surface area contributed by atoms with Crippen molar-refractivity contribution in [2.45, 2.75) is 33.2 Å². The zero-order valence-corrected chi connectivity index (χ0v) is 17.0. The number of guanidine groups is 1. The number of hydrogen-bond acceptors (Lipinski definition) is 3. The summed E-state index contributed by atoms with van der Waals surface area (Å²) in [7, 11) is 3.93. The van der Waals surface area contributed by atoms with E-state index in [0.29, 0.717) is 5.92 Å². The van der Waals surface area contributed by atoms with Crippen LogP contribution in [-0.2, 0) is 11.3 Å². The molecule has 0 radical (unpaired) electrons. The van der Waals surface area contributed by atoms with E-state index in [4.69, 9.17) is 4.74 Å². The van der Waals surface area contributed by atoms with Crippen molar-refractivity contribution < 1.29 is 4.74 Å². The molecule has 1 atom stereocenters. The van der Waals surface area contributed by atoms with E-state index in [1.807, 2.05) is 14.0 Å². The maximum absolute atomic E-state index is 5.44. The standard InChI is InChI=1S/C16H29N5O.HI/c1-13-10-14(2)21(19-13)8-5-7-18-16(17-3)20(4)11-15-6-9-22-12-15;/h10,15H,5-9,11-12H2,1-4H3,(H,17,18);1H. The lowest BCUT2D eigenvalue weighted by atomic mass is 10.1. The summed E-state index contributed by atoms with van der Waals surface area (Å²) in [5.74, 6) is 1.58. The lowest BCUT2D eigenvalue weighted by Gasteiger charge is -2.24. The topological polar surface area (TPSA) is 54.7 Å². The molecule has 0 amide bonds. The van der Waals surface area contributed by atoms with Crippen LogP contribution in [0.5, 0.6) is 0 Å². The predicted octanol–water partition coefficient (Wildman–Crippen LogP) is 2.05. The third-order valence-corrected chi connectivity index (χ3v) is 4.06. The van der Waals surface area contributed by atoms with E-state index in [1.54, 1.807) is 0 Å². The number of aromatic nitrogens is 2. The quantitative estimate of drug-likeness (QED) is 0.322. The van der Waals surface area contributed by atoms with Crippen molar-refractivity contribution >= 4 is 29.9 Å². The van der Waals surface area contributed by atoms with E-state index < -0.39 is 0 Å². The van der Waals surface area contributed by atoms with Crippen LogP contribution in [0.25, 0.3) is 0 Å². The average molecular weight is 435 g/mol. The molecule has 23 heavy (non-hydrogen) atoms. The highest BCUT2D eigenvalue weighted by molar-refractivity contribution is 14.0. The van der Waals surface area contributed by atoms with Gasteiger partial charge in [-0.1, -0.05) is 0 Å². The zero-order valence-electron chi connectivity index (χ0n) is 14.7. The summed E-state index contributed by atoms with van der Waals surface area (Å²) in [5.41, 5.74) is 2.31. The Morgan fingerprint density at radius 2 is 2.30 bits per heavy atom. The Balaban J connectivity index is 0.00000264. The van der Waals surface area contributed by atoms with Gasteiger partial charge in [0.2, 0.25) is 0 Å².